The Bertz CT molecular complexity index is 1090. The topological polar surface area (TPSA) is 112 Å². The lowest BCUT2D eigenvalue weighted by atomic mass is 10.1. The summed E-state index contributed by atoms with van der Waals surface area (Å²) < 4.78 is 21.8. The van der Waals surface area contributed by atoms with E-state index >= 15 is 0 Å². The molecule has 0 aliphatic carbocycles. The van der Waals surface area contributed by atoms with Gasteiger partial charge in [0.1, 0.15) is 12.1 Å². The van der Waals surface area contributed by atoms with Crippen molar-refractivity contribution >= 4 is 23.0 Å². The van der Waals surface area contributed by atoms with Crippen molar-refractivity contribution in [1.82, 2.24) is 14.8 Å². The predicted molar refractivity (Wildman–Crippen MR) is 139 cm³/mol. The van der Waals surface area contributed by atoms with Crippen molar-refractivity contribution in [3.63, 3.8) is 0 Å². The number of benzene rings is 1. The maximum Gasteiger partial charge on any atom is 0.410 e. The fourth-order valence-corrected chi connectivity index (χ4v) is 5.23. The van der Waals surface area contributed by atoms with E-state index in [0.29, 0.717) is 38.2 Å². The Kier molecular flexibility index (Phi) is 8.59. The molecule has 37 heavy (non-hydrogen) atoms. The number of imidazole rings is 1. The van der Waals surface area contributed by atoms with E-state index in [0.717, 1.165) is 49.4 Å². The first-order chi connectivity index (χ1) is 17.7. The maximum atomic E-state index is 12.7. The lowest BCUT2D eigenvalue weighted by Gasteiger charge is -2.33. The number of likely N-dealkylation sites (tertiary alicyclic amines) is 1. The summed E-state index contributed by atoms with van der Waals surface area (Å²) in [4.78, 5) is 26.7. The highest BCUT2D eigenvalue weighted by Crippen LogP contribution is 2.27. The van der Waals surface area contributed by atoms with Crippen LogP contribution < -0.4 is 20.4 Å². The molecule has 0 saturated carbocycles. The number of aromatic nitrogens is 2. The molecule has 10 nitrogen and oxygen atoms in total. The number of fused-ring (bicyclic) bond motifs is 1. The van der Waals surface area contributed by atoms with Gasteiger partial charge >= 0.3 is 6.09 Å². The van der Waals surface area contributed by atoms with Crippen LogP contribution in [-0.4, -0.2) is 65.5 Å². The quantitative estimate of drug-likeness (QED) is 0.522. The van der Waals surface area contributed by atoms with Crippen LogP contribution in [0.15, 0.2) is 18.2 Å². The molecule has 3 heterocycles. The van der Waals surface area contributed by atoms with E-state index in [1.165, 1.54) is 0 Å². The minimum atomic E-state index is -0.519. The summed E-state index contributed by atoms with van der Waals surface area (Å²) in [6, 6.07) is 5.93. The van der Waals surface area contributed by atoms with Crippen molar-refractivity contribution < 1.29 is 28.4 Å². The van der Waals surface area contributed by atoms with Crippen LogP contribution in [0.4, 0.5) is 4.79 Å². The fourth-order valence-electron chi connectivity index (χ4n) is 5.23. The Hall–Kier alpha value is -2.85. The molecule has 2 aliphatic heterocycles. The van der Waals surface area contributed by atoms with Crippen LogP contribution >= 0.6 is 0 Å². The molecule has 2 aromatic rings. The van der Waals surface area contributed by atoms with Crippen molar-refractivity contribution in [2.45, 2.75) is 90.8 Å². The number of amides is 2. The first-order valence-corrected chi connectivity index (χ1v) is 13.5. The van der Waals surface area contributed by atoms with E-state index < -0.39 is 5.60 Å². The van der Waals surface area contributed by atoms with Crippen LogP contribution in [-0.2, 0) is 33.9 Å². The van der Waals surface area contributed by atoms with E-state index in [2.05, 4.69) is 27.4 Å². The van der Waals surface area contributed by atoms with Crippen LogP contribution in [0.3, 0.4) is 0 Å². The van der Waals surface area contributed by atoms with Crippen molar-refractivity contribution in [3.05, 3.63) is 24.0 Å². The number of aryl methyl sites for hydroxylation is 1. The number of para-hydroxylation sites is 1. The van der Waals surface area contributed by atoms with Gasteiger partial charge in [-0.25, -0.2) is 13.9 Å². The predicted octanol–water partition coefficient (Wildman–Crippen LogP) is 2.48. The molecule has 0 radical (unpaired) electrons. The maximum absolute atomic E-state index is 12.7. The van der Waals surface area contributed by atoms with Crippen molar-refractivity contribution in [1.29, 1.82) is 0 Å². The minimum Gasteiger partial charge on any atom is -0.479 e. The number of nitrogens with one attached hydrogen (secondary N) is 1. The van der Waals surface area contributed by atoms with E-state index in [1.54, 1.807) is 4.90 Å². The lowest BCUT2D eigenvalue weighted by Crippen LogP contribution is -2.48. The molecule has 0 unspecified atom stereocenters. The number of carbonyl (C=O) groups excluding carboxylic acids is 2. The van der Waals surface area contributed by atoms with Gasteiger partial charge in [0, 0.05) is 25.7 Å². The second-order valence-corrected chi connectivity index (χ2v) is 10.8. The van der Waals surface area contributed by atoms with Crippen molar-refractivity contribution in [3.8, 4) is 5.75 Å². The van der Waals surface area contributed by atoms with Gasteiger partial charge in [-0.1, -0.05) is 6.07 Å². The molecule has 1 atom stereocenters. The number of carbonyl (C=O) groups is 2. The first-order valence-electron chi connectivity index (χ1n) is 13.5. The number of rotatable bonds is 8. The number of piperidine rings is 1. The third-order valence-electron chi connectivity index (χ3n) is 6.94. The molecular weight excluding hydrogens is 474 g/mol. The van der Waals surface area contributed by atoms with Gasteiger partial charge in [0.15, 0.2) is 17.9 Å². The molecule has 10 heteroatoms. The number of hydrogen-bond donors (Lipinski definition) is 2. The normalized spacial score (nSPS) is 18.8. The van der Waals surface area contributed by atoms with Crippen LogP contribution in [0.2, 0.25) is 0 Å². The molecule has 2 fully saturated rings. The lowest BCUT2D eigenvalue weighted by molar-refractivity contribution is -0.676. The molecule has 204 valence electrons. The molecule has 1 aromatic heterocycles. The molecule has 0 spiro atoms. The van der Waals surface area contributed by atoms with Gasteiger partial charge in [-0.3, -0.25) is 4.79 Å². The minimum absolute atomic E-state index is 0.00231. The number of nitrogens with zero attached hydrogens (tertiary/aromatic N) is 3. The third kappa shape index (κ3) is 6.54. The van der Waals surface area contributed by atoms with Crippen LogP contribution in [0.5, 0.6) is 5.75 Å². The molecule has 4 rings (SSSR count). The Labute approximate surface area is 219 Å². The molecule has 0 bridgehead atoms. The van der Waals surface area contributed by atoms with Crippen LogP contribution in [0.1, 0.15) is 59.2 Å². The smallest absolute Gasteiger partial charge is 0.410 e. The van der Waals surface area contributed by atoms with Crippen LogP contribution in [0, 0.1) is 0 Å². The summed E-state index contributed by atoms with van der Waals surface area (Å²) in [5.74, 6) is 1.51. The Morgan fingerprint density at radius 1 is 1.22 bits per heavy atom. The third-order valence-corrected chi connectivity index (χ3v) is 6.94. The monoisotopic (exact) mass is 516 g/mol. The summed E-state index contributed by atoms with van der Waals surface area (Å²) in [6.45, 7) is 11.4. The number of hydrogen-bond acceptors (Lipinski definition) is 6. The van der Waals surface area contributed by atoms with Crippen molar-refractivity contribution in [2.24, 2.45) is 5.73 Å². The van der Waals surface area contributed by atoms with E-state index in [9.17, 15) is 9.59 Å². The molecule has 2 amide bonds. The van der Waals surface area contributed by atoms with Gasteiger partial charge < -0.3 is 30.2 Å². The highest BCUT2D eigenvalue weighted by atomic mass is 16.6. The van der Waals surface area contributed by atoms with Crippen molar-refractivity contribution in [2.75, 3.05) is 26.3 Å². The van der Waals surface area contributed by atoms with E-state index in [1.807, 2.05) is 32.9 Å². The average molecular weight is 517 g/mol. The molecule has 2 saturated heterocycles. The average Bonchev–Trinajstić information content (AvgIpc) is 3.48. The summed E-state index contributed by atoms with van der Waals surface area (Å²) in [5.41, 5.74) is 7.64. The van der Waals surface area contributed by atoms with Crippen LogP contribution in [0.25, 0.3) is 11.0 Å². The largest absolute Gasteiger partial charge is 0.479 e. The zero-order chi connectivity index (χ0) is 26.6. The molecule has 1 aromatic carbocycles. The van der Waals surface area contributed by atoms with E-state index in [4.69, 9.17) is 19.9 Å². The second-order valence-electron chi connectivity index (χ2n) is 10.8. The highest BCUT2D eigenvalue weighted by molar-refractivity contribution is 5.81. The second kappa shape index (κ2) is 11.7. The Balaban J connectivity index is 1.38. The first kappa shape index (κ1) is 27.2. The highest BCUT2D eigenvalue weighted by Gasteiger charge is 2.30. The van der Waals surface area contributed by atoms with Gasteiger partial charge in [0.25, 0.3) is 11.7 Å². The Morgan fingerprint density at radius 3 is 2.59 bits per heavy atom. The van der Waals surface area contributed by atoms with Gasteiger partial charge in [0.2, 0.25) is 5.52 Å². The number of ether oxygens (including phenoxy) is 3. The summed E-state index contributed by atoms with van der Waals surface area (Å²) in [7, 11) is 0. The van der Waals surface area contributed by atoms with Gasteiger partial charge in [0.05, 0.1) is 19.2 Å². The standard InChI is InChI=1S/C27H41N5O5/c1-5-31-24(16-28)32(17-20-8-7-15-35-20)21-9-6-10-22(25(21)31)36-18-23(33)29-19-11-13-30(14-12-19)26(34)37-27(2,3)4/h6,9-10,19-20H,5,7-8,11-18,28H2,1-4H3/p+1/t20-/m0/s1. The number of nitrogens with two attached hydrogens (primary N) is 1. The zero-order valence-electron chi connectivity index (χ0n) is 22.6. The summed E-state index contributed by atoms with van der Waals surface area (Å²) >= 11 is 0. The summed E-state index contributed by atoms with van der Waals surface area (Å²) in [6.07, 6.45) is 3.37. The van der Waals surface area contributed by atoms with Gasteiger partial charge in [-0.2, -0.15) is 0 Å². The molecule has 2 aliphatic rings. The molecular formula is C27H42N5O5+. The van der Waals surface area contributed by atoms with Gasteiger partial charge in [-0.15, -0.1) is 0 Å². The summed E-state index contributed by atoms with van der Waals surface area (Å²) in [5, 5.41) is 3.06. The SMILES string of the molecule is CC[n+]1c(CN)n(C[C@@H]2CCCO2)c2cccc(OCC(=O)NC3CCN(C(=O)OC(C)(C)C)CC3)c21. The Morgan fingerprint density at radius 2 is 1.97 bits per heavy atom. The van der Waals surface area contributed by atoms with E-state index in [-0.39, 0.29) is 30.8 Å². The zero-order valence-corrected chi connectivity index (χ0v) is 22.6. The van der Waals surface area contributed by atoms with Gasteiger partial charge in [-0.05, 0) is 65.5 Å². The fraction of sp³-hybridized carbons (Fsp3) is 0.667. The molecule has 3 N–H and O–H groups in total.